The number of ether oxygens (including phenoxy) is 2. The molecule has 118 valence electrons. The van der Waals surface area contributed by atoms with Crippen LogP contribution >= 0.6 is 0 Å². The Bertz CT molecular complexity index is 309. The average molecular weight is 286 g/mol. The predicted octanol–water partition coefficient (Wildman–Crippen LogP) is 1.42. The van der Waals surface area contributed by atoms with Crippen LogP contribution in [0, 0.1) is 0 Å². The van der Waals surface area contributed by atoms with Gasteiger partial charge in [0.2, 0.25) is 0 Å². The molecular formula is C15H30N2O3. The summed E-state index contributed by atoms with van der Waals surface area (Å²) in [6.45, 7) is 5.75. The Hall–Kier alpha value is -0.650. The summed E-state index contributed by atoms with van der Waals surface area (Å²) in [5.41, 5.74) is -0.535. The van der Waals surface area contributed by atoms with Crippen LogP contribution < -0.4 is 5.32 Å². The van der Waals surface area contributed by atoms with E-state index in [-0.39, 0.29) is 12.0 Å². The summed E-state index contributed by atoms with van der Waals surface area (Å²) in [5, 5.41) is 3.45. The molecule has 0 aromatic rings. The van der Waals surface area contributed by atoms with Crippen molar-refractivity contribution >= 4 is 5.97 Å². The van der Waals surface area contributed by atoms with Crippen molar-refractivity contribution in [2.24, 2.45) is 0 Å². The minimum absolute atomic E-state index is 0.129. The van der Waals surface area contributed by atoms with Gasteiger partial charge in [-0.1, -0.05) is 0 Å². The molecule has 20 heavy (non-hydrogen) atoms. The number of likely N-dealkylation sites (N-methyl/N-ethyl adjacent to an activating group) is 1. The lowest BCUT2D eigenvalue weighted by atomic mass is 9.78. The van der Waals surface area contributed by atoms with Gasteiger partial charge in [-0.15, -0.1) is 0 Å². The molecule has 0 bridgehead atoms. The molecule has 1 N–H and O–H groups in total. The quantitative estimate of drug-likeness (QED) is 0.717. The molecule has 0 spiro atoms. The van der Waals surface area contributed by atoms with Crippen LogP contribution in [-0.2, 0) is 14.3 Å². The maximum atomic E-state index is 12.3. The summed E-state index contributed by atoms with van der Waals surface area (Å²) in [7, 11) is 5.30. The monoisotopic (exact) mass is 286 g/mol. The Kier molecular flexibility index (Phi) is 6.92. The van der Waals surface area contributed by atoms with E-state index >= 15 is 0 Å². The Morgan fingerprint density at radius 1 is 1.45 bits per heavy atom. The smallest absolute Gasteiger partial charge is 0.326 e. The summed E-state index contributed by atoms with van der Waals surface area (Å²) < 4.78 is 10.2. The summed E-state index contributed by atoms with van der Waals surface area (Å²) in [5.74, 6) is -0.129. The van der Waals surface area contributed by atoms with Crippen LogP contribution in [0.4, 0.5) is 0 Å². The third-order valence-electron chi connectivity index (χ3n) is 4.14. The molecule has 2 atom stereocenters. The second-order valence-corrected chi connectivity index (χ2v) is 6.10. The van der Waals surface area contributed by atoms with Crippen molar-refractivity contribution in [2.75, 3.05) is 34.4 Å². The molecule has 0 radical (unpaired) electrons. The number of nitrogens with one attached hydrogen (secondary N) is 1. The van der Waals surface area contributed by atoms with E-state index in [1.165, 1.54) is 7.11 Å². The molecule has 1 aliphatic rings. The Balaban J connectivity index is 2.77. The zero-order valence-corrected chi connectivity index (χ0v) is 13.6. The highest BCUT2D eigenvalue weighted by atomic mass is 16.5. The SMILES string of the molecule is COCCN(C)C1CCCC(NC(C)C)(C(=O)OC)C1. The van der Waals surface area contributed by atoms with E-state index < -0.39 is 5.54 Å². The number of hydrogen-bond donors (Lipinski definition) is 1. The van der Waals surface area contributed by atoms with Gasteiger partial charge in [-0.25, -0.2) is 0 Å². The fourth-order valence-corrected chi connectivity index (χ4v) is 3.16. The van der Waals surface area contributed by atoms with Gasteiger partial charge in [0.15, 0.2) is 0 Å². The molecule has 2 unspecified atom stereocenters. The lowest BCUT2D eigenvalue weighted by Crippen LogP contribution is -2.60. The van der Waals surface area contributed by atoms with E-state index in [0.717, 1.165) is 38.8 Å². The molecule has 0 saturated heterocycles. The molecule has 1 saturated carbocycles. The molecule has 5 nitrogen and oxygen atoms in total. The highest BCUT2D eigenvalue weighted by Crippen LogP contribution is 2.32. The van der Waals surface area contributed by atoms with Crippen molar-refractivity contribution in [3.63, 3.8) is 0 Å². The van der Waals surface area contributed by atoms with Gasteiger partial charge >= 0.3 is 5.97 Å². The summed E-state index contributed by atoms with van der Waals surface area (Å²) in [4.78, 5) is 14.6. The molecule has 0 aromatic heterocycles. The molecule has 0 heterocycles. The van der Waals surface area contributed by atoms with Gasteiger partial charge in [0.25, 0.3) is 0 Å². The number of carbonyl (C=O) groups is 1. The molecule has 1 rings (SSSR count). The molecule has 5 heteroatoms. The van der Waals surface area contributed by atoms with Crippen molar-refractivity contribution in [1.82, 2.24) is 10.2 Å². The maximum absolute atomic E-state index is 12.3. The van der Waals surface area contributed by atoms with Crippen molar-refractivity contribution in [3.8, 4) is 0 Å². The first-order valence-electron chi connectivity index (χ1n) is 7.50. The van der Waals surface area contributed by atoms with Gasteiger partial charge in [-0.05, 0) is 46.6 Å². The van der Waals surface area contributed by atoms with Gasteiger partial charge in [0.05, 0.1) is 13.7 Å². The summed E-state index contributed by atoms with van der Waals surface area (Å²) in [6, 6.07) is 0.654. The van der Waals surface area contributed by atoms with E-state index in [1.807, 2.05) is 0 Å². The normalized spacial score (nSPS) is 27.1. The van der Waals surface area contributed by atoms with E-state index in [1.54, 1.807) is 7.11 Å². The fraction of sp³-hybridized carbons (Fsp3) is 0.933. The molecule has 0 aliphatic heterocycles. The second-order valence-electron chi connectivity index (χ2n) is 6.10. The predicted molar refractivity (Wildman–Crippen MR) is 79.8 cm³/mol. The summed E-state index contributed by atoms with van der Waals surface area (Å²) >= 11 is 0. The molecule has 0 amide bonds. The second kappa shape index (κ2) is 7.96. The van der Waals surface area contributed by atoms with Crippen LogP contribution in [0.25, 0.3) is 0 Å². The standard InChI is InChI=1S/C15H30N2O3/c1-12(2)16-15(14(18)20-5)8-6-7-13(11-15)17(3)9-10-19-4/h12-13,16H,6-11H2,1-5H3. The average Bonchev–Trinajstić information content (AvgIpc) is 2.43. The van der Waals surface area contributed by atoms with Crippen molar-refractivity contribution in [1.29, 1.82) is 0 Å². The Labute approximate surface area is 123 Å². The van der Waals surface area contributed by atoms with E-state index in [9.17, 15) is 4.79 Å². The molecule has 0 aromatic carbocycles. The lowest BCUT2D eigenvalue weighted by molar-refractivity contribution is -0.151. The molecule has 1 fully saturated rings. The largest absolute Gasteiger partial charge is 0.468 e. The Morgan fingerprint density at radius 3 is 2.70 bits per heavy atom. The topological polar surface area (TPSA) is 50.8 Å². The third-order valence-corrected chi connectivity index (χ3v) is 4.14. The first kappa shape index (κ1) is 17.4. The first-order chi connectivity index (χ1) is 9.45. The Morgan fingerprint density at radius 2 is 2.15 bits per heavy atom. The van der Waals surface area contributed by atoms with Gasteiger partial charge in [-0.3, -0.25) is 10.1 Å². The van der Waals surface area contributed by atoms with Crippen LogP contribution in [0.3, 0.4) is 0 Å². The van der Waals surface area contributed by atoms with Crippen LogP contribution in [-0.4, -0.2) is 62.9 Å². The van der Waals surface area contributed by atoms with Gasteiger partial charge in [-0.2, -0.15) is 0 Å². The van der Waals surface area contributed by atoms with Gasteiger partial charge in [0, 0.05) is 25.7 Å². The maximum Gasteiger partial charge on any atom is 0.326 e. The number of hydrogen-bond acceptors (Lipinski definition) is 5. The number of nitrogens with zero attached hydrogens (tertiary/aromatic N) is 1. The number of methoxy groups -OCH3 is 2. The van der Waals surface area contributed by atoms with Crippen LogP contribution in [0.2, 0.25) is 0 Å². The lowest BCUT2D eigenvalue weighted by Gasteiger charge is -2.43. The van der Waals surface area contributed by atoms with Gasteiger partial charge < -0.3 is 14.4 Å². The van der Waals surface area contributed by atoms with Crippen molar-refractivity contribution in [2.45, 2.75) is 57.2 Å². The van der Waals surface area contributed by atoms with Crippen LogP contribution in [0.15, 0.2) is 0 Å². The van der Waals surface area contributed by atoms with Crippen molar-refractivity contribution in [3.05, 3.63) is 0 Å². The zero-order chi connectivity index (χ0) is 15.2. The van der Waals surface area contributed by atoms with Crippen LogP contribution in [0.5, 0.6) is 0 Å². The van der Waals surface area contributed by atoms with E-state index in [0.29, 0.717) is 6.04 Å². The van der Waals surface area contributed by atoms with Crippen LogP contribution in [0.1, 0.15) is 39.5 Å². The van der Waals surface area contributed by atoms with Crippen molar-refractivity contribution < 1.29 is 14.3 Å². The highest BCUT2D eigenvalue weighted by molar-refractivity contribution is 5.81. The molecule has 1 aliphatic carbocycles. The van der Waals surface area contributed by atoms with E-state index in [4.69, 9.17) is 9.47 Å². The summed E-state index contributed by atoms with van der Waals surface area (Å²) in [6.07, 6.45) is 3.82. The highest BCUT2D eigenvalue weighted by Gasteiger charge is 2.44. The van der Waals surface area contributed by atoms with E-state index in [2.05, 4.69) is 31.1 Å². The minimum atomic E-state index is -0.535. The third kappa shape index (κ3) is 4.43. The number of carbonyl (C=O) groups excluding carboxylic acids is 1. The minimum Gasteiger partial charge on any atom is -0.468 e. The fourth-order valence-electron chi connectivity index (χ4n) is 3.16. The first-order valence-corrected chi connectivity index (χ1v) is 7.50. The number of rotatable bonds is 7. The number of esters is 1. The zero-order valence-electron chi connectivity index (χ0n) is 13.6. The van der Waals surface area contributed by atoms with Gasteiger partial charge in [0.1, 0.15) is 5.54 Å². The molecular weight excluding hydrogens is 256 g/mol.